The predicted octanol–water partition coefficient (Wildman–Crippen LogP) is 1.35. The Morgan fingerprint density at radius 1 is 1.14 bits per heavy atom. The Labute approximate surface area is 166 Å². The van der Waals surface area contributed by atoms with Gasteiger partial charge in [-0.15, -0.1) is 0 Å². The predicted molar refractivity (Wildman–Crippen MR) is 105 cm³/mol. The van der Waals surface area contributed by atoms with Crippen molar-refractivity contribution >= 4 is 35.7 Å². The van der Waals surface area contributed by atoms with Crippen LogP contribution in [0.2, 0.25) is 0 Å². The molecule has 0 bridgehead atoms. The maximum absolute atomic E-state index is 12.5. The van der Waals surface area contributed by atoms with Crippen LogP contribution in [0.1, 0.15) is 12.0 Å². The summed E-state index contributed by atoms with van der Waals surface area (Å²) < 4.78 is 16.9. The van der Waals surface area contributed by atoms with Crippen molar-refractivity contribution in [3.63, 3.8) is 0 Å². The Kier molecular flexibility index (Phi) is 5.82. The summed E-state index contributed by atoms with van der Waals surface area (Å²) in [6, 6.07) is 7.61. The summed E-state index contributed by atoms with van der Waals surface area (Å²) in [5, 5.41) is 6.07. The number of carbonyl (C=O) groups is 2. The molecule has 1 aliphatic heterocycles. The number of furan rings is 1. The molecule has 1 saturated heterocycles. The molecule has 10 heteroatoms. The number of benzene rings is 1. The van der Waals surface area contributed by atoms with Crippen LogP contribution in [0.4, 0.5) is 5.82 Å². The van der Waals surface area contributed by atoms with Crippen LogP contribution < -0.4 is 10.6 Å². The van der Waals surface area contributed by atoms with Crippen molar-refractivity contribution in [1.82, 2.24) is 15.3 Å². The molecule has 1 fully saturated rings. The van der Waals surface area contributed by atoms with Gasteiger partial charge in [-0.3, -0.25) is 14.6 Å². The monoisotopic (exact) mass is 394 g/mol. The van der Waals surface area contributed by atoms with E-state index in [1.165, 1.54) is 18.6 Å². The van der Waals surface area contributed by atoms with Crippen molar-refractivity contribution in [3.8, 4) is 0 Å². The number of amides is 2. The molecule has 1 unspecified atom stereocenters. The molecule has 9 nitrogen and oxygen atoms in total. The van der Waals surface area contributed by atoms with Crippen molar-refractivity contribution in [2.75, 3.05) is 18.5 Å². The smallest absolute Gasteiger partial charge is 0.464 e. The molecular weight excluding hydrogens is 375 g/mol. The average Bonchev–Trinajstić information content (AvgIpc) is 3.17. The zero-order valence-electron chi connectivity index (χ0n) is 15.5. The first-order valence-electron chi connectivity index (χ1n) is 9.27. The van der Waals surface area contributed by atoms with Gasteiger partial charge in [-0.2, -0.15) is 0 Å². The van der Waals surface area contributed by atoms with E-state index in [2.05, 4.69) is 20.6 Å². The van der Waals surface area contributed by atoms with Crippen LogP contribution >= 0.6 is 0 Å². The van der Waals surface area contributed by atoms with E-state index >= 15 is 0 Å². The standard InChI is InChI=1S/C19H19BN4O5/c25-18(19(26)24-17-11-21-6-7-22-17)23-16(20-28-8-3-9-29-20)10-13-12-27-15-5-2-1-4-14(13)15/h1-2,4-7,11-12,16H,3,8-10H2,(H,23,25)(H,22,24,26). The molecule has 3 aromatic rings. The lowest BCUT2D eigenvalue weighted by atomic mass is 9.73. The van der Waals surface area contributed by atoms with Gasteiger partial charge in [-0.05, 0) is 24.5 Å². The van der Waals surface area contributed by atoms with E-state index in [0.717, 1.165) is 23.0 Å². The van der Waals surface area contributed by atoms with Crippen LogP contribution in [0.3, 0.4) is 0 Å². The molecule has 1 aliphatic rings. The molecule has 1 atom stereocenters. The lowest BCUT2D eigenvalue weighted by molar-refractivity contribution is -0.136. The Morgan fingerprint density at radius 3 is 2.76 bits per heavy atom. The normalized spacial score (nSPS) is 15.1. The number of nitrogens with one attached hydrogen (secondary N) is 2. The summed E-state index contributed by atoms with van der Waals surface area (Å²) in [7, 11) is -0.661. The highest BCUT2D eigenvalue weighted by atomic mass is 16.6. The van der Waals surface area contributed by atoms with Crippen LogP contribution in [0, 0.1) is 0 Å². The topological polar surface area (TPSA) is 116 Å². The van der Waals surface area contributed by atoms with Crippen LogP contribution in [-0.4, -0.2) is 48.1 Å². The van der Waals surface area contributed by atoms with E-state index in [-0.39, 0.29) is 5.82 Å². The number of carbonyl (C=O) groups excluding carboxylic acids is 2. The molecule has 0 aliphatic carbocycles. The lowest BCUT2D eigenvalue weighted by Gasteiger charge is -2.27. The second-order valence-electron chi connectivity index (χ2n) is 6.55. The second kappa shape index (κ2) is 8.85. The minimum absolute atomic E-state index is 0.190. The highest BCUT2D eigenvalue weighted by Gasteiger charge is 2.35. The van der Waals surface area contributed by atoms with Crippen molar-refractivity contribution in [2.45, 2.75) is 18.8 Å². The fraction of sp³-hybridized carbons (Fsp3) is 0.263. The molecule has 2 aromatic heterocycles. The van der Waals surface area contributed by atoms with Crippen LogP contribution in [0.15, 0.2) is 53.5 Å². The summed E-state index contributed by atoms with van der Waals surface area (Å²) in [6.07, 6.45) is 7.05. The summed E-state index contributed by atoms with van der Waals surface area (Å²) >= 11 is 0. The number of hydrogen-bond donors (Lipinski definition) is 2. The van der Waals surface area contributed by atoms with E-state index in [1.54, 1.807) is 6.26 Å². The fourth-order valence-corrected chi connectivity index (χ4v) is 3.15. The third-order valence-corrected chi connectivity index (χ3v) is 4.51. The van der Waals surface area contributed by atoms with E-state index in [4.69, 9.17) is 13.7 Å². The molecule has 2 amide bonds. The Balaban J connectivity index is 1.49. The fourth-order valence-electron chi connectivity index (χ4n) is 3.15. The van der Waals surface area contributed by atoms with Crippen LogP contribution in [-0.2, 0) is 25.3 Å². The highest BCUT2D eigenvalue weighted by Crippen LogP contribution is 2.23. The summed E-state index contributed by atoms with van der Waals surface area (Å²) in [5.74, 6) is -2.04. The minimum Gasteiger partial charge on any atom is -0.464 e. The number of rotatable bonds is 5. The number of nitrogens with zero attached hydrogens (tertiary/aromatic N) is 2. The molecule has 148 valence electrons. The summed E-state index contributed by atoms with van der Waals surface area (Å²) in [6.45, 7) is 1.05. The number of fused-ring (bicyclic) bond motifs is 1. The molecule has 29 heavy (non-hydrogen) atoms. The second-order valence-corrected chi connectivity index (χ2v) is 6.55. The quantitative estimate of drug-likeness (QED) is 0.496. The van der Waals surface area contributed by atoms with Gasteiger partial charge in [0.15, 0.2) is 5.82 Å². The Morgan fingerprint density at radius 2 is 1.97 bits per heavy atom. The van der Waals surface area contributed by atoms with E-state index in [9.17, 15) is 9.59 Å². The first-order valence-corrected chi connectivity index (χ1v) is 9.27. The Bertz CT molecular complexity index is 990. The van der Waals surface area contributed by atoms with E-state index < -0.39 is 24.9 Å². The zero-order valence-corrected chi connectivity index (χ0v) is 15.5. The molecule has 3 heterocycles. The number of anilines is 1. The maximum Gasteiger partial charge on any atom is 0.481 e. The van der Waals surface area contributed by atoms with Gasteiger partial charge in [0.05, 0.1) is 18.4 Å². The summed E-state index contributed by atoms with van der Waals surface area (Å²) in [5.41, 5.74) is 1.64. The zero-order chi connectivity index (χ0) is 20.1. The maximum atomic E-state index is 12.5. The van der Waals surface area contributed by atoms with Crippen LogP contribution in [0.25, 0.3) is 11.0 Å². The molecule has 4 rings (SSSR count). The van der Waals surface area contributed by atoms with Gasteiger partial charge in [0.1, 0.15) is 5.58 Å². The molecule has 0 saturated carbocycles. The third-order valence-electron chi connectivity index (χ3n) is 4.51. The SMILES string of the molecule is O=C(Nc1cnccn1)C(=O)NC(Cc1coc2ccccc12)B1OCCCO1. The van der Waals surface area contributed by atoms with Crippen molar-refractivity contribution in [2.24, 2.45) is 0 Å². The van der Waals surface area contributed by atoms with Crippen molar-refractivity contribution in [1.29, 1.82) is 0 Å². The first-order chi connectivity index (χ1) is 14.2. The third kappa shape index (κ3) is 4.61. The van der Waals surface area contributed by atoms with E-state index in [0.29, 0.717) is 19.6 Å². The number of hydrogen-bond acceptors (Lipinski definition) is 7. The largest absolute Gasteiger partial charge is 0.481 e. The molecular formula is C19H19BN4O5. The first kappa shape index (κ1) is 19.1. The van der Waals surface area contributed by atoms with Gasteiger partial charge in [-0.25, -0.2) is 4.98 Å². The van der Waals surface area contributed by atoms with Gasteiger partial charge in [-0.1, -0.05) is 18.2 Å². The van der Waals surface area contributed by atoms with E-state index in [1.807, 2.05) is 24.3 Å². The molecule has 2 N–H and O–H groups in total. The average molecular weight is 394 g/mol. The van der Waals surface area contributed by atoms with Crippen molar-refractivity contribution in [3.05, 3.63) is 54.7 Å². The molecule has 1 aromatic carbocycles. The lowest BCUT2D eigenvalue weighted by Crippen LogP contribution is -2.54. The number of aromatic nitrogens is 2. The van der Waals surface area contributed by atoms with Gasteiger partial charge in [0.2, 0.25) is 0 Å². The molecule has 0 radical (unpaired) electrons. The van der Waals surface area contributed by atoms with Gasteiger partial charge >= 0.3 is 18.9 Å². The van der Waals surface area contributed by atoms with Crippen LogP contribution in [0.5, 0.6) is 0 Å². The number of para-hydroxylation sites is 1. The van der Waals surface area contributed by atoms with Gasteiger partial charge in [0, 0.05) is 31.0 Å². The minimum atomic E-state index is -0.844. The van der Waals surface area contributed by atoms with Gasteiger partial charge in [0.25, 0.3) is 0 Å². The summed E-state index contributed by atoms with van der Waals surface area (Å²) in [4.78, 5) is 32.5. The highest BCUT2D eigenvalue weighted by molar-refractivity contribution is 6.49. The molecule has 0 spiro atoms. The van der Waals surface area contributed by atoms with Gasteiger partial charge < -0.3 is 24.4 Å². The Hall–Kier alpha value is -3.24. The van der Waals surface area contributed by atoms with Crippen molar-refractivity contribution < 1.29 is 23.3 Å².